The van der Waals surface area contributed by atoms with Gasteiger partial charge in [0.25, 0.3) is 0 Å². The highest BCUT2D eigenvalue weighted by molar-refractivity contribution is 7.89. The van der Waals surface area contributed by atoms with Gasteiger partial charge in [-0.15, -0.1) is 11.3 Å². The van der Waals surface area contributed by atoms with Crippen molar-refractivity contribution in [2.75, 3.05) is 6.54 Å². The van der Waals surface area contributed by atoms with Crippen LogP contribution in [0.1, 0.15) is 44.6 Å². The zero-order valence-electron chi connectivity index (χ0n) is 13.0. The Labute approximate surface area is 127 Å². The standard InChI is InChI=1S/C14H26N2O2S2/c1-6-12(10(3)4)16-20(17,18)14-11(5)9-19-13(14)8-15-7-2/h9-10,12,15-16H,6-8H2,1-5H3. The molecule has 0 aromatic carbocycles. The molecule has 0 fully saturated rings. The van der Waals surface area contributed by atoms with Crippen LogP contribution in [0.3, 0.4) is 0 Å². The van der Waals surface area contributed by atoms with Crippen LogP contribution in [0, 0.1) is 12.8 Å². The van der Waals surface area contributed by atoms with Crippen molar-refractivity contribution in [3.63, 3.8) is 0 Å². The minimum Gasteiger partial charge on any atom is -0.312 e. The first-order chi connectivity index (χ1) is 9.33. The lowest BCUT2D eigenvalue weighted by molar-refractivity contribution is 0.437. The normalized spacial score (nSPS) is 13.9. The molecule has 4 nitrogen and oxygen atoms in total. The van der Waals surface area contributed by atoms with E-state index in [0.29, 0.717) is 11.4 Å². The van der Waals surface area contributed by atoms with Gasteiger partial charge in [-0.1, -0.05) is 27.7 Å². The molecule has 0 aliphatic heterocycles. The fourth-order valence-electron chi connectivity index (χ4n) is 2.16. The van der Waals surface area contributed by atoms with E-state index in [1.54, 1.807) is 0 Å². The molecular formula is C14H26N2O2S2. The molecule has 2 N–H and O–H groups in total. The lowest BCUT2D eigenvalue weighted by Crippen LogP contribution is -2.38. The average molecular weight is 319 g/mol. The van der Waals surface area contributed by atoms with Gasteiger partial charge in [0.2, 0.25) is 10.0 Å². The second-order valence-electron chi connectivity index (χ2n) is 5.33. The van der Waals surface area contributed by atoms with Gasteiger partial charge >= 0.3 is 0 Å². The Balaban J connectivity index is 3.05. The third kappa shape index (κ3) is 4.28. The molecule has 1 aromatic heterocycles. The second kappa shape index (κ2) is 7.54. The van der Waals surface area contributed by atoms with Gasteiger partial charge in [0.1, 0.15) is 4.90 Å². The third-order valence-electron chi connectivity index (χ3n) is 3.34. The molecule has 1 rings (SSSR count). The summed E-state index contributed by atoms with van der Waals surface area (Å²) in [6, 6.07) is -0.0220. The number of nitrogens with one attached hydrogen (secondary N) is 2. The van der Waals surface area contributed by atoms with Gasteiger partial charge in [0, 0.05) is 17.5 Å². The van der Waals surface area contributed by atoms with E-state index in [1.165, 1.54) is 11.3 Å². The monoisotopic (exact) mass is 318 g/mol. The number of aryl methyl sites for hydroxylation is 1. The molecular weight excluding hydrogens is 292 g/mol. The van der Waals surface area contributed by atoms with Gasteiger partial charge in [0.05, 0.1) is 0 Å². The Bertz CT molecular complexity index is 521. The van der Waals surface area contributed by atoms with E-state index < -0.39 is 10.0 Å². The molecule has 0 radical (unpaired) electrons. The Morgan fingerprint density at radius 2 is 1.95 bits per heavy atom. The van der Waals surface area contributed by atoms with Crippen LogP contribution in [0.5, 0.6) is 0 Å². The number of hydrogen-bond acceptors (Lipinski definition) is 4. The lowest BCUT2D eigenvalue weighted by atomic mass is 10.0. The molecule has 0 saturated carbocycles. The maximum atomic E-state index is 12.6. The molecule has 20 heavy (non-hydrogen) atoms. The van der Waals surface area contributed by atoms with Gasteiger partial charge in [0.15, 0.2) is 0 Å². The molecule has 0 aliphatic rings. The third-order valence-corrected chi connectivity index (χ3v) is 6.30. The number of sulfonamides is 1. The summed E-state index contributed by atoms with van der Waals surface area (Å²) in [5.74, 6) is 0.283. The zero-order chi connectivity index (χ0) is 15.3. The molecule has 1 heterocycles. The van der Waals surface area contributed by atoms with Crippen LogP contribution in [-0.4, -0.2) is 21.0 Å². The first-order valence-corrected chi connectivity index (χ1v) is 9.49. The molecule has 1 aromatic rings. The summed E-state index contributed by atoms with van der Waals surface area (Å²) in [7, 11) is -3.44. The smallest absolute Gasteiger partial charge is 0.242 e. The fourth-order valence-corrected chi connectivity index (χ4v) is 5.41. The highest BCUT2D eigenvalue weighted by Gasteiger charge is 2.26. The lowest BCUT2D eigenvalue weighted by Gasteiger charge is -2.21. The van der Waals surface area contributed by atoms with Crippen molar-refractivity contribution in [2.45, 2.75) is 58.5 Å². The van der Waals surface area contributed by atoms with Crippen LogP contribution in [0.4, 0.5) is 0 Å². The predicted molar refractivity (Wildman–Crippen MR) is 85.7 cm³/mol. The summed E-state index contributed by atoms with van der Waals surface area (Å²) in [5.41, 5.74) is 0.828. The minimum atomic E-state index is -3.44. The van der Waals surface area contributed by atoms with Crippen LogP contribution in [0.15, 0.2) is 10.3 Å². The molecule has 0 bridgehead atoms. The van der Waals surface area contributed by atoms with Gasteiger partial charge in [-0.3, -0.25) is 0 Å². The molecule has 0 amide bonds. The largest absolute Gasteiger partial charge is 0.312 e. The Morgan fingerprint density at radius 3 is 2.45 bits per heavy atom. The van der Waals surface area contributed by atoms with E-state index in [9.17, 15) is 8.42 Å². The highest BCUT2D eigenvalue weighted by Crippen LogP contribution is 2.27. The summed E-state index contributed by atoms with van der Waals surface area (Å²) in [4.78, 5) is 1.35. The van der Waals surface area contributed by atoms with E-state index in [-0.39, 0.29) is 12.0 Å². The van der Waals surface area contributed by atoms with Crippen molar-refractivity contribution in [3.05, 3.63) is 15.8 Å². The molecule has 0 spiro atoms. The fraction of sp³-hybridized carbons (Fsp3) is 0.714. The minimum absolute atomic E-state index is 0.0220. The summed E-state index contributed by atoms with van der Waals surface area (Å²) in [6.45, 7) is 11.4. The topological polar surface area (TPSA) is 58.2 Å². The van der Waals surface area contributed by atoms with Crippen LogP contribution in [-0.2, 0) is 16.6 Å². The maximum absolute atomic E-state index is 12.6. The summed E-state index contributed by atoms with van der Waals surface area (Å²) >= 11 is 1.50. The zero-order valence-corrected chi connectivity index (χ0v) is 14.6. The molecule has 6 heteroatoms. The number of rotatable bonds is 8. The van der Waals surface area contributed by atoms with Crippen molar-refractivity contribution in [1.82, 2.24) is 10.0 Å². The Morgan fingerprint density at radius 1 is 1.30 bits per heavy atom. The van der Waals surface area contributed by atoms with E-state index in [2.05, 4.69) is 10.0 Å². The van der Waals surface area contributed by atoms with E-state index in [1.807, 2.05) is 40.0 Å². The van der Waals surface area contributed by atoms with Gasteiger partial charge in [-0.2, -0.15) is 0 Å². The van der Waals surface area contributed by atoms with Crippen molar-refractivity contribution in [3.8, 4) is 0 Å². The molecule has 1 atom stereocenters. The van der Waals surface area contributed by atoms with Crippen LogP contribution < -0.4 is 10.0 Å². The van der Waals surface area contributed by atoms with Gasteiger partial charge in [-0.25, -0.2) is 13.1 Å². The molecule has 0 aliphatic carbocycles. The maximum Gasteiger partial charge on any atom is 0.242 e. The summed E-state index contributed by atoms with van der Waals surface area (Å²) in [6.07, 6.45) is 0.794. The van der Waals surface area contributed by atoms with E-state index in [0.717, 1.165) is 23.4 Å². The quantitative estimate of drug-likeness (QED) is 0.775. The molecule has 116 valence electrons. The van der Waals surface area contributed by atoms with Crippen LogP contribution in [0.25, 0.3) is 0 Å². The molecule has 0 saturated heterocycles. The van der Waals surface area contributed by atoms with Crippen molar-refractivity contribution >= 4 is 21.4 Å². The van der Waals surface area contributed by atoms with Gasteiger partial charge < -0.3 is 5.32 Å². The van der Waals surface area contributed by atoms with Crippen LogP contribution in [0.2, 0.25) is 0 Å². The Kier molecular flexibility index (Phi) is 6.64. The first-order valence-electron chi connectivity index (χ1n) is 7.13. The number of thiophene rings is 1. The summed E-state index contributed by atoms with van der Waals surface area (Å²) in [5, 5.41) is 5.11. The average Bonchev–Trinajstić information content (AvgIpc) is 2.75. The molecule has 1 unspecified atom stereocenters. The SMILES string of the molecule is CCNCc1scc(C)c1S(=O)(=O)NC(CC)C(C)C. The number of hydrogen-bond donors (Lipinski definition) is 2. The highest BCUT2D eigenvalue weighted by atomic mass is 32.2. The van der Waals surface area contributed by atoms with Crippen molar-refractivity contribution < 1.29 is 8.42 Å². The van der Waals surface area contributed by atoms with Crippen molar-refractivity contribution in [2.24, 2.45) is 5.92 Å². The Hall–Kier alpha value is -0.430. The second-order valence-corrected chi connectivity index (χ2v) is 7.95. The van der Waals surface area contributed by atoms with E-state index >= 15 is 0 Å². The summed E-state index contributed by atoms with van der Waals surface area (Å²) < 4.78 is 28.1. The van der Waals surface area contributed by atoms with Crippen molar-refractivity contribution in [1.29, 1.82) is 0 Å². The van der Waals surface area contributed by atoms with Crippen LogP contribution >= 0.6 is 11.3 Å². The van der Waals surface area contributed by atoms with Gasteiger partial charge in [-0.05, 0) is 36.8 Å². The predicted octanol–water partition coefficient (Wildman–Crippen LogP) is 2.88. The van der Waals surface area contributed by atoms with E-state index in [4.69, 9.17) is 0 Å². The first kappa shape index (κ1) is 17.6.